The molecular weight excluding hydrogens is 248 g/mol. The second kappa shape index (κ2) is 9.62. The zero-order valence-corrected chi connectivity index (χ0v) is 12.7. The molecule has 1 fully saturated rings. The van der Waals surface area contributed by atoms with Crippen LogP contribution in [0.5, 0.6) is 0 Å². The highest BCUT2D eigenvalue weighted by atomic mass is 35.5. The third-order valence-corrected chi connectivity index (χ3v) is 3.49. The van der Waals surface area contributed by atoms with Crippen LogP contribution in [-0.4, -0.2) is 29.9 Å². The number of hydrogen-bond acceptors (Lipinski definition) is 2. The van der Waals surface area contributed by atoms with Crippen molar-refractivity contribution in [3.63, 3.8) is 0 Å². The first-order valence-electron chi connectivity index (χ1n) is 7.14. The van der Waals surface area contributed by atoms with E-state index >= 15 is 0 Å². The largest absolute Gasteiger partial charge is 0.339 e. The number of amides is 1. The van der Waals surface area contributed by atoms with E-state index in [1.54, 1.807) is 0 Å². The SMILES string of the molecule is CC(C)CN(C(=O)CCCN)C1CCCCC1.Cl. The van der Waals surface area contributed by atoms with Gasteiger partial charge in [-0.05, 0) is 31.7 Å². The average molecular weight is 277 g/mol. The van der Waals surface area contributed by atoms with Crippen LogP contribution in [0.25, 0.3) is 0 Å². The van der Waals surface area contributed by atoms with E-state index < -0.39 is 0 Å². The van der Waals surface area contributed by atoms with Gasteiger partial charge in [-0.15, -0.1) is 12.4 Å². The number of nitrogens with zero attached hydrogens (tertiary/aromatic N) is 1. The maximum absolute atomic E-state index is 12.2. The molecule has 1 rings (SSSR count). The summed E-state index contributed by atoms with van der Waals surface area (Å²) in [5, 5.41) is 0. The van der Waals surface area contributed by atoms with Gasteiger partial charge in [0, 0.05) is 19.0 Å². The van der Waals surface area contributed by atoms with Gasteiger partial charge in [0.1, 0.15) is 0 Å². The summed E-state index contributed by atoms with van der Waals surface area (Å²) >= 11 is 0. The number of rotatable bonds is 6. The summed E-state index contributed by atoms with van der Waals surface area (Å²) < 4.78 is 0. The minimum Gasteiger partial charge on any atom is -0.339 e. The van der Waals surface area contributed by atoms with E-state index in [1.807, 2.05) is 0 Å². The Morgan fingerprint density at radius 3 is 2.39 bits per heavy atom. The molecule has 2 N–H and O–H groups in total. The smallest absolute Gasteiger partial charge is 0.222 e. The number of carbonyl (C=O) groups is 1. The Balaban J connectivity index is 0.00000289. The maximum Gasteiger partial charge on any atom is 0.222 e. The number of nitrogens with two attached hydrogens (primary N) is 1. The Labute approximate surface area is 118 Å². The molecule has 4 heteroatoms. The Morgan fingerprint density at radius 1 is 1.28 bits per heavy atom. The van der Waals surface area contributed by atoms with E-state index in [4.69, 9.17) is 5.73 Å². The predicted molar refractivity (Wildman–Crippen MR) is 79.0 cm³/mol. The molecular formula is C14H29ClN2O. The molecule has 0 radical (unpaired) electrons. The average Bonchev–Trinajstić information content (AvgIpc) is 2.34. The maximum atomic E-state index is 12.2. The molecule has 0 aromatic carbocycles. The predicted octanol–water partition coefficient (Wildman–Crippen LogP) is 2.96. The Kier molecular flexibility index (Phi) is 9.47. The molecule has 108 valence electrons. The van der Waals surface area contributed by atoms with Gasteiger partial charge < -0.3 is 10.6 Å². The van der Waals surface area contributed by atoms with E-state index in [9.17, 15) is 4.79 Å². The Morgan fingerprint density at radius 2 is 1.89 bits per heavy atom. The molecule has 0 aromatic heterocycles. The van der Waals surface area contributed by atoms with Crippen LogP contribution in [0, 0.1) is 5.92 Å². The molecule has 1 amide bonds. The van der Waals surface area contributed by atoms with Crippen LogP contribution >= 0.6 is 12.4 Å². The Hall–Kier alpha value is -0.280. The van der Waals surface area contributed by atoms with E-state index in [0.29, 0.717) is 30.8 Å². The van der Waals surface area contributed by atoms with E-state index in [2.05, 4.69) is 18.7 Å². The fraction of sp³-hybridized carbons (Fsp3) is 0.929. The van der Waals surface area contributed by atoms with Crippen LogP contribution in [-0.2, 0) is 4.79 Å². The van der Waals surface area contributed by atoms with Gasteiger partial charge in [-0.25, -0.2) is 0 Å². The summed E-state index contributed by atoms with van der Waals surface area (Å²) in [6, 6.07) is 0.497. The minimum atomic E-state index is 0. The van der Waals surface area contributed by atoms with E-state index in [1.165, 1.54) is 32.1 Å². The fourth-order valence-electron chi connectivity index (χ4n) is 2.64. The fourth-order valence-corrected chi connectivity index (χ4v) is 2.64. The standard InChI is InChI=1S/C14H28N2O.ClH/c1-12(2)11-16(14(17)9-6-10-15)13-7-4-3-5-8-13;/h12-13H,3-11,15H2,1-2H3;1H. The summed E-state index contributed by atoms with van der Waals surface area (Å²) in [5.74, 6) is 0.870. The molecule has 3 nitrogen and oxygen atoms in total. The first kappa shape index (κ1) is 17.7. The molecule has 0 unspecified atom stereocenters. The van der Waals surface area contributed by atoms with Crippen molar-refractivity contribution >= 4 is 18.3 Å². The van der Waals surface area contributed by atoms with Gasteiger partial charge in [0.05, 0.1) is 0 Å². The third kappa shape index (κ3) is 6.05. The lowest BCUT2D eigenvalue weighted by Gasteiger charge is -2.35. The first-order valence-corrected chi connectivity index (χ1v) is 7.14. The van der Waals surface area contributed by atoms with Crippen LogP contribution in [0.15, 0.2) is 0 Å². The summed E-state index contributed by atoms with van der Waals surface area (Å²) in [5.41, 5.74) is 5.49. The molecule has 1 saturated carbocycles. The van der Waals surface area contributed by atoms with E-state index in [0.717, 1.165) is 13.0 Å². The highest BCUT2D eigenvalue weighted by Gasteiger charge is 2.25. The first-order chi connectivity index (χ1) is 8.15. The van der Waals surface area contributed by atoms with Crippen molar-refractivity contribution < 1.29 is 4.79 Å². The van der Waals surface area contributed by atoms with E-state index in [-0.39, 0.29) is 12.4 Å². The lowest BCUT2D eigenvalue weighted by atomic mass is 9.93. The van der Waals surface area contributed by atoms with Crippen molar-refractivity contribution in [2.24, 2.45) is 11.7 Å². The number of hydrogen-bond donors (Lipinski definition) is 1. The van der Waals surface area contributed by atoms with Crippen LogP contribution in [0.3, 0.4) is 0 Å². The molecule has 18 heavy (non-hydrogen) atoms. The van der Waals surface area contributed by atoms with Crippen molar-refractivity contribution in [2.75, 3.05) is 13.1 Å². The van der Waals surface area contributed by atoms with Crippen molar-refractivity contribution in [3.05, 3.63) is 0 Å². The molecule has 1 aliphatic carbocycles. The van der Waals surface area contributed by atoms with Crippen LogP contribution in [0.4, 0.5) is 0 Å². The van der Waals surface area contributed by atoms with Crippen molar-refractivity contribution in [1.82, 2.24) is 4.90 Å². The zero-order chi connectivity index (χ0) is 12.7. The quantitative estimate of drug-likeness (QED) is 0.811. The van der Waals surface area contributed by atoms with Gasteiger partial charge in [-0.1, -0.05) is 33.1 Å². The van der Waals surface area contributed by atoms with Crippen LogP contribution in [0.1, 0.15) is 58.8 Å². The summed E-state index contributed by atoms with van der Waals surface area (Å²) in [6.45, 7) is 5.90. The normalized spacial score (nSPS) is 16.4. The van der Waals surface area contributed by atoms with Gasteiger partial charge >= 0.3 is 0 Å². The van der Waals surface area contributed by atoms with Gasteiger partial charge in [0.2, 0.25) is 5.91 Å². The molecule has 0 aliphatic heterocycles. The highest BCUT2D eigenvalue weighted by Crippen LogP contribution is 2.24. The van der Waals surface area contributed by atoms with Gasteiger partial charge in [-0.3, -0.25) is 4.79 Å². The van der Waals surface area contributed by atoms with Gasteiger partial charge in [0.25, 0.3) is 0 Å². The molecule has 1 aliphatic rings. The number of carbonyl (C=O) groups excluding carboxylic acids is 1. The molecule has 0 heterocycles. The van der Waals surface area contributed by atoms with Crippen molar-refractivity contribution in [3.8, 4) is 0 Å². The van der Waals surface area contributed by atoms with Crippen LogP contribution in [0.2, 0.25) is 0 Å². The molecule has 0 atom stereocenters. The van der Waals surface area contributed by atoms with Crippen molar-refractivity contribution in [1.29, 1.82) is 0 Å². The molecule has 0 saturated heterocycles. The monoisotopic (exact) mass is 276 g/mol. The third-order valence-electron chi connectivity index (χ3n) is 3.49. The summed E-state index contributed by atoms with van der Waals surface area (Å²) in [6.07, 6.45) is 7.73. The molecule has 0 bridgehead atoms. The topological polar surface area (TPSA) is 46.3 Å². The van der Waals surface area contributed by atoms with Gasteiger partial charge in [-0.2, -0.15) is 0 Å². The second-order valence-electron chi connectivity index (χ2n) is 5.62. The highest BCUT2D eigenvalue weighted by molar-refractivity contribution is 5.85. The van der Waals surface area contributed by atoms with Crippen molar-refractivity contribution in [2.45, 2.75) is 64.8 Å². The Bertz CT molecular complexity index is 228. The van der Waals surface area contributed by atoms with Crippen LogP contribution < -0.4 is 5.73 Å². The number of halogens is 1. The molecule has 0 spiro atoms. The lowest BCUT2D eigenvalue weighted by molar-refractivity contribution is -0.134. The summed E-state index contributed by atoms with van der Waals surface area (Å²) in [4.78, 5) is 14.3. The minimum absolute atomic E-state index is 0. The summed E-state index contributed by atoms with van der Waals surface area (Å²) in [7, 11) is 0. The lowest BCUT2D eigenvalue weighted by Crippen LogP contribution is -2.43. The molecule has 0 aromatic rings. The zero-order valence-electron chi connectivity index (χ0n) is 11.9. The second-order valence-corrected chi connectivity index (χ2v) is 5.62. The van der Waals surface area contributed by atoms with Gasteiger partial charge in [0.15, 0.2) is 0 Å².